The molecule has 0 saturated heterocycles. The second-order valence-corrected chi connectivity index (χ2v) is 7.53. The lowest BCUT2D eigenvalue weighted by Crippen LogP contribution is -2.26. The molecule has 5 nitrogen and oxygen atoms in total. The molecule has 24 heavy (non-hydrogen) atoms. The van der Waals surface area contributed by atoms with Crippen LogP contribution in [0.5, 0.6) is 0 Å². The minimum Gasteiger partial charge on any atom is -0.350 e. The van der Waals surface area contributed by atoms with Crippen molar-refractivity contribution in [2.45, 2.75) is 30.7 Å². The summed E-state index contributed by atoms with van der Waals surface area (Å²) in [6.45, 7) is 1.84. The minimum absolute atomic E-state index is 0.0486. The second-order valence-electron chi connectivity index (χ2n) is 5.53. The van der Waals surface area contributed by atoms with Crippen LogP contribution in [0.15, 0.2) is 53.4 Å². The predicted octanol–water partition coefficient (Wildman–Crippen LogP) is 2.80. The molecule has 0 saturated carbocycles. The molecular formula is C17H19ClN2O3S. The van der Waals surface area contributed by atoms with E-state index in [-0.39, 0.29) is 16.8 Å². The van der Waals surface area contributed by atoms with E-state index in [1.54, 1.807) is 24.3 Å². The van der Waals surface area contributed by atoms with Crippen LogP contribution in [0, 0.1) is 0 Å². The number of hydrogen-bond acceptors (Lipinski definition) is 3. The molecule has 1 amide bonds. The zero-order valence-corrected chi connectivity index (χ0v) is 14.8. The van der Waals surface area contributed by atoms with Gasteiger partial charge in [0.25, 0.3) is 0 Å². The third-order valence-corrected chi connectivity index (χ3v) is 4.82. The normalized spacial score (nSPS) is 12.6. The van der Waals surface area contributed by atoms with Crippen LogP contribution in [0.4, 0.5) is 0 Å². The van der Waals surface area contributed by atoms with Crippen molar-refractivity contribution < 1.29 is 13.2 Å². The van der Waals surface area contributed by atoms with Gasteiger partial charge in [0.1, 0.15) is 0 Å². The molecule has 2 aromatic carbocycles. The van der Waals surface area contributed by atoms with Gasteiger partial charge in [-0.2, -0.15) is 0 Å². The molecule has 2 aromatic rings. The van der Waals surface area contributed by atoms with E-state index >= 15 is 0 Å². The van der Waals surface area contributed by atoms with E-state index in [9.17, 15) is 13.2 Å². The maximum atomic E-state index is 12.0. The number of aryl methyl sites for hydroxylation is 1. The molecule has 128 valence electrons. The standard InChI is InChI=1S/C17H19ClN2O3S/c1-12(14-5-9-16(10-6-14)24(19,22)23)20-17(21)11-4-13-2-7-15(18)8-3-13/h2-3,5-10,12H,4,11H2,1H3,(H,20,21)(H2,19,22,23). The van der Waals surface area contributed by atoms with Gasteiger partial charge in [0, 0.05) is 11.4 Å². The quantitative estimate of drug-likeness (QED) is 0.823. The van der Waals surface area contributed by atoms with Crippen molar-refractivity contribution in [1.82, 2.24) is 5.32 Å². The number of amides is 1. The summed E-state index contributed by atoms with van der Waals surface area (Å²) in [5.41, 5.74) is 1.85. The number of carbonyl (C=O) groups excluding carboxylic acids is 1. The summed E-state index contributed by atoms with van der Waals surface area (Å²) in [5, 5.41) is 8.62. The summed E-state index contributed by atoms with van der Waals surface area (Å²) < 4.78 is 22.5. The SMILES string of the molecule is CC(NC(=O)CCc1ccc(Cl)cc1)c1ccc(S(N)(=O)=O)cc1. The Kier molecular flexibility index (Phi) is 5.99. The van der Waals surface area contributed by atoms with Crippen molar-refractivity contribution in [1.29, 1.82) is 0 Å². The summed E-state index contributed by atoms with van der Waals surface area (Å²) in [4.78, 5) is 12.1. The van der Waals surface area contributed by atoms with E-state index < -0.39 is 10.0 Å². The van der Waals surface area contributed by atoms with E-state index in [1.165, 1.54) is 12.1 Å². The number of nitrogens with one attached hydrogen (secondary N) is 1. The molecule has 1 unspecified atom stereocenters. The lowest BCUT2D eigenvalue weighted by Gasteiger charge is -2.14. The number of nitrogens with two attached hydrogens (primary N) is 1. The van der Waals surface area contributed by atoms with E-state index in [4.69, 9.17) is 16.7 Å². The molecule has 0 bridgehead atoms. The fourth-order valence-corrected chi connectivity index (χ4v) is 2.89. The maximum absolute atomic E-state index is 12.0. The van der Waals surface area contributed by atoms with Crippen molar-refractivity contribution >= 4 is 27.5 Å². The van der Waals surface area contributed by atoms with E-state index in [0.717, 1.165) is 11.1 Å². The number of carbonyl (C=O) groups is 1. The van der Waals surface area contributed by atoms with Crippen LogP contribution in [0.2, 0.25) is 5.02 Å². The molecule has 1 atom stereocenters. The van der Waals surface area contributed by atoms with Crippen LogP contribution < -0.4 is 10.5 Å². The van der Waals surface area contributed by atoms with Crippen LogP contribution in [0.1, 0.15) is 30.5 Å². The third kappa shape index (κ3) is 5.33. The van der Waals surface area contributed by atoms with Crippen LogP contribution in [0.25, 0.3) is 0 Å². The number of benzene rings is 2. The number of hydrogen-bond donors (Lipinski definition) is 2. The van der Waals surface area contributed by atoms with E-state index in [0.29, 0.717) is 17.9 Å². The Hall–Kier alpha value is -1.89. The van der Waals surface area contributed by atoms with Crippen molar-refractivity contribution in [2.75, 3.05) is 0 Å². The lowest BCUT2D eigenvalue weighted by atomic mass is 10.1. The van der Waals surface area contributed by atoms with Crippen LogP contribution >= 0.6 is 11.6 Å². The topological polar surface area (TPSA) is 89.3 Å². The highest BCUT2D eigenvalue weighted by Gasteiger charge is 2.12. The van der Waals surface area contributed by atoms with Crippen molar-refractivity contribution in [3.63, 3.8) is 0 Å². The summed E-state index contributed by atoms with van der Waals surface area (Å²) in [6, 6.07) is 13.3. The van der Waals surface area contributed by atoms with Gasteiger partial charge in [-0.05, 0) is 48.7 Å². The molecular weight excluding hydrogens is 348 g/mol. The molecule has 0 heterocycles. The highest BCUT2D eigenvalue weighted by Crippen LogP contribution is 2.16. The smallest absolute Gasteiger partial charge is 0.238 e. The van der Waals surface area contributed by atoms with Crippen LogP contribution in [0.3, 0.4) is 0 Å². The minimum atomic E-state index is -3.71. The number of primary sulfonamides is 1. The maximum Gasteiger partial charge on any atom is 0.238 e. The average Bonchev–Trinajstić information content (AvgIpc) is 2.53. The van der Waals surface area contributed by atoms with Gasteiger partial charge >= 0.3 is 0 Å². The van der Waals surface area contributed by atoms with Gasteiger partial charge in [0.05, 0.1) is 10.9 Å². The van der Waals surface area contributed by atoms with Gasteiger partial charge < -0.3 is 5.32 Å². The Balaban J connectivity index is 1.90. The summed E-state index contributed by atoms with van der Waals surface area (Å²) in [5.74, 6) is -0.0760. The molecule has 0 aliphatic rings. The van der Waals surface area contributed by atoms with Gasteiger partial charge in [0.15, 0.2) is 0 Å². The highest BCUT2D eigenvalue weighted by molar-refractivity contribution is 7.89. The van der Waals surface area contributed by atoms with Gasteiger partial charge in [-0.1, -0.05) is 35.9 Å². The van der Waals surface area contributed by atoms with Crippen molar-refractivity contribution in [2.24, 2.45) is 5.14 Å². The first-order valence-electron chi connectivity index (χ1n) is 7.42. The first kappa shape index (κ1) is 18.4. The highest BCUT2D eigenvalue weighted by atomic mass is 35.5. The Morgan fingerprint density at radius 3 is 2.25 bits per heavy atom. The Labute approximate surface area is 146 Å². The lowest BCUT2D eigenvalue weighted by molar-refractivity contribution is -0.121. The Morgan fingerprint density at radius 1 is 1.12 bits per heavy atom. The average molecular weight is 367 g/mol. The molecule has 0 aliphatic heterocycles. The van der Waals surface area contributed by atoms with Gasteiger partial charge in [-0.25, -0.2) is 13.6 Å². The molecule has 0 radical (unpaired) electrons. The predicted molar refractivity (Wildman–Crippen MR) is 94.1 cm³/mol. The molecule has 7 heteroatoms. The first-order chi connectivity index (χ1) is 11.3. The molecule has 2 rings (SSSR count). The molecule has 3 N–H and O–H groups in total. The number of sulfonamides is 1. The van der Waals surface area contributed by atoms with Crippen LogP contribution in [-0.2, 0) is 21.2 Å². The molecule has 0 aliphatic carbocycles. The van der Waals surface area contributed by atoms with Crippen LogP contribution in [-0.4, -0.2) is 14.3 Å². The van der Waals surface area contributed by atoms with Crippen molar-refractivity contribution in [3.05, 3.63) is 64.7 Å². The van der Waals surface area contributed by atoms with Gasteiger partial charge in [-0.3, -0.25) is 4.79 Å². The number of halogens is 1. The monoisotopic (exact) mass is 366 g/mol. The largest absolute Gasteiger partial charge is 0.350 e. The fraction of sp³-hybridized carbons (Fsp3) is 0.235. The molecule has 0 spiro atoms. The summed E-state index contributed by atoms with van der Waals surface area (Å²) >= 11 is 5.83. The van der Waals surface area contributed by atoms with Gasteiger partial charge in [0.2, 0.25) is 15.9 Å². The van der Waals surface area contributed by atoms with Gasteiger partial charge in [-0.15, -0.1) is 0 Å². The Morgan fingerprint density at radius 2 is 1.71 bits per heavy atom. The first-order valence-corrected chi connectivity index (χ1v) is 9.35. The Bertz CT molecular complexity index is 803. The molecule has 0 fully saturated rings. The number of rotatable bonds is 6. The summed E-state index contributed by atoms with van der Waals surface area (Å²) in [6.07, 6.45) is 0.987. The fourth-order valence-electron chi connectivity index (χ4n) is 2.25. The second kappa shape index (κ2) is 7.79. The zero-order chi connectivity index (χ0) is 17.7. The molecule has 0 aromatic heterocycles. The van der Waals surface area contributed by atoms with E-state index in [1.807, 2.05) is 19.1 Å². The third-order valence-electron chi connectivity index (χ3n) is 3.64. The van der Waals surface area contributed by atoms with E-state index in [2.05, 4.69) is 5.32 Å². The zero-order valence-electron chi connectivity index (χ0n) is 13.2. The summed E-state index contributed by atoms with van der Waals surface area (Å²) in [7, 11) is -3.71. The van der Waals surface area contributed by atoms with Crippen molar-refractivity contribution in [3.8, 4) is 0 Å².